The van der Waals surface area contributed by atoms with Crippen LogP contribution in [0.2, 0.25) is 0 Å². The third-order valence-electron chi connectivity index (χ3n) is 16.6. The molecule has 6 heteroatoms. The van der Waals surface area contributed by atoms with E-state index >= 15 is 0 Å². The van der Waals surface area contributed by atoms with E-state index in [9.17, 15) is 0 Å². The molecule has 1 fully saturated rings. The Bertz CT molecular complexity index is 3750. The first-order chi connectivity index (χ1) is 32.5. The smallest absolute Gasteiger partial charge is 0.252 e. The van der Waals surface area contributed by atoms with Crippen molar-refractivity contribution < 1.29 is 4.42 Å². The zero-order valence-electron chi connectivity index (χ0n) is 39.1. The molecule has 326 valence electrons. The van der Waals surface area contributed by atoms with Crippen LogP contribution in [-0.4, -0.2) is 12.3 Å². The first-order valence-corrected chi connectivity index (χ1v) is 25.1. The van der Waals surface area contributed by atoms with Crippen LogP contribution in [0.5, 0.6) is 0 Å². The maximum Gasteiger partial charge on any atom is 0.252 e. The van der Waals surface area contributed by atoms with E-state index in [4.69, 9.17) is 4.42 Å². The third-order valence-corrected chi connectivity index (χ3v) is 17.7. The summed E-state index contributed by atoms with van der Waals surface area (Å²) in [6, 6.07) is 60.1. The molecule has 5 heterocycles. The van der Waals surface area contributed by atoms with Crippen molar-refractivity contribution in [1.82, 2.24) is 0 Å². The van der Waals surface area contributed by atoms with E-state index in [-0.39, 0.29) is 23.1 Å². The van der Waals surface area contributed by atoms with Crippen LogP contribution < -0.4 is 31.1 Å². The van der Waals surface area contributed by atoms with Gasteiger partial charge in [-0.15, -0.1) is 11.3 Å². The van der Waals surface area contributed by atoms with Crippen LogP contribution >= 0.6 is 11.3 Å². The van der Waals surface area contributed by atoms with E-state index in [2.05, 4.69) is 214 Å². The number of fused-ring (bicyclic) bond motifs is 13. The molecule has 67 heavy (non-hydrogen) atoms. The summed E-state index contributed by atoms with van der Waals surface area (Å²) in [4.78, 5) is 7.92. The van der Waals surface area contributed by atoms with Crippen molar-refractivity contribution in [2.45, 2.75) is 83.6 Å². The second kappa shape index (κ2) is 13.7. The van der Waals surface area contributed by atoms with Gasteiger partial charge in [-0.3, -0.25) is 0 Å². The van der Waals surface area contributed by atoms with Gasteiger partial charge in [0, 0.05) is 70.5 Å². The number of furan rings is 1. The summed E-state index contributed by atoms with van der Waals surface area (Å²) >= 11 is 1.89. The molecule has 0 saturated heterocycles. The second-order valence-corrected chi connectivity index (χ2v) is 22.3. The Morgan fingerprint density at radius 3 is 2.10 bits per heavy atom. The van der Waals surface area contributed by atoms with Crippen LogP contribution in [0.3, 0.4) is 0 Å². The fourth-order valence-electron chi connectivity index (χ4n) is 13.2. The summed E-state index contributed by atoms with van der Waals surface area (Å²) in [6.07, 6.45) is 4.84. The zero-order chi connectivity index (χ0) is 45.1. The van der Waals surface area contributed by atoms with E-state index in [1.807, 2.05) is 11.3 Å². The van der Waals surface area contributed by atoms with Crippen molar-refractivity contribution in [3.63, 3.8) is 0 Å². The molecule has 14 rings (SSSR count). The molecule has 1 aliphatic carbocycles. The molecule has 0 bridgehead atoms. The highest BCUT2D eigenvalue weighted by atomic mass is 32.1. The van der Waals surface area contributed by atoms with Crippen LogP contribution in [-0.2, 0) is 10.8 Å². The lowest BCUT2D eigenvalue weighted by Crippen LogP contribution is -2.61. The van der Waals surface area contributed by atoms with Gasteiger partial charge in [0.25, 0.3) is 6.71 Å². The molecule has 8 aromatic carbocycles. The largest absolute Gasteiger partial charge is 0.454 e. The molecule has 2 atom stereocenters. The molecule has 0 spiro atoms. The number of rotatable bonds is 3. The lowest BCUT2D eigenvalue weighted by atomic mass is 9.33. The summed E-state index contributed by atoms with van der Waals surface area (Å²) in [6.45, 7) is 14.4. The Morgan fingerprint density at radius 2 is 1.25 bits per heavy atom. The van der Waals surface area contributed by atoms with Crippen LogP contribution in [0.1, 0.15) is 77.0 Å². The molecule has 4 nitrogen and oxygen atoms in total. The van der Waals surface area contributed by atoms with Crippen LogP contribution in [0.25, 0.3) is 42.1 Å². The fraction of sp³-hybridized carbons (Fsp3) is 0.213. The molecular formula is C61H52BN3OS. The van der Waals surface area contributed by atoms with Gasteiger partial charge in [-0.1, -0.05) is 132 Å². The maximum absolute atomic E-state index is 6.99. The van der Waals surface area contributed by atoms with Crippen molar-refractivity contribution in [3.8, 4) is 0 Å². The van der Waals surface area contributed by atoms with Crippen molar-refractivity contribution in [1.29, 1.82) is 0 Å². The summed E-state index contributed by atoms with van der Waals surface area (Å²) in [7, 11) is 0. The molecular weight excluding hydrogens is 834 g/mol. The summed E-state index contributed by atoms with van der Waals surface area (Å²) in [5.41, 5.74) is 19.5. The van der Waals surface area contributed by atoms with Gasteiger partial charge in [0.2, 0.25) is 0 Å². The minimum Gasteiger partial charge on any atom is -0.454 e. The van der Waals surface area contributed by atoms with E-state index in [0.717, 1.165) is 34.0 Å². The number of hydrogen-bond donors (Lipinski definition) is 0. The molecule has 2 aromatic heterocycles. The number of anilines is 8. The second-order valence-electron chi connectivity index (χ2n) is 21.3. The highest BCUT2D eigenvalue weighted by molar-refractivity contribution is 7.26. The molecule has 10 aromatic rings. The van der Waals surface area contributed by atoms with E-state index in [0.29, 0.717) is 0 Å². The SMILES string of the molecule is Cc1cc2c3c(c1)N(c1cccc4sc5ccccc5c14)c1ccc(C(C)(C)C)cc1B3c1ccc(N3c4ccccc4C4(C)CCCCC34C)cc1N2c1cccc2c1oc1ccccc12. The van der Waals surface area contributed by atoms with E-state index in [1.165, 1.54) is 112 Å². The van der Waals surface area contributed by atoms with Gasteiger partial charge in [0.1, 0.15) is 5.58 Å². The molecule has 0 amide bonds. The highest BCUT2D eigenvalue weighted by Crippen LogP contribution is 2.61. The maximum atomic E-state index is 6.99. The predicted octanol–water partition coefficient (Wildman–Crippen LogP) is 15.4. The number of benzene rings is 8. The molecule has 4 aliphatic rings. The minimum atomic E-state index is -0.0739. The Labute approximate surface area is 397 Å². The fourth-order valence-corrected chi connectivity index (χ4v) is 14.3. The van der Waals surface area contributed by atoms with Crippen molar-refractivity contribution in [2.75, 3.05) is 14.7 Å². The monoisotopic (exact) mass is 885 g/mol. The number of hydrogen-bond acceptors (Lipinski definition) is 5. The standard InChI is InChI=1S/C61H52BN3OS/c1-37-33-51-57-52(34-37)64(49-23-15-19-41-40-17-7-11-24-53(40)66-58(41)49)50-36-39(65-46-21-10-9-20-43(46)60(5)31-13-14-32-61(60,65)6)28-29-44(50)62(57)45-35-38(59(2,3)4)27-30-47(45)63(51)48-22-16-26-55-56(48)42-18-8-12-25-54(42)67-55/h7-12,15-30,33-36H,13-14,31-32H2,1-6H3. The topological polar surface area (TPSA) is 22.9 Å². The number of thiophene rings is 1. The highest BCUT2D eigenvalue weighted by Gasteiger charge is 2.58. The average Bonchev–Trinajstić information content (AvgIpc) is 3.97. The van der Waals surface area contributed by atoms with Gasteiger partial charge in [-0.05, 0) is 132 Å². The van der Waals surface area contributed by atoms with Gasteiger partial charge >= 0.3 is 0 Å². The molecule has 0 radical (unpaired) electrons. The van der Waals surface area contributed by atoms with Gasteiger partial charge in [0.15, 0.2) is 5.58 Å². The summed E-state index contributed by atoms with van der Waals surface area (Å²) in [5, 5.41) is 4.88. The van der Waals surface area contributed by atoms with Crippen LogP contribution in [0, 0.1) is 6.92 Å². The van der Waals surface area contributed by atoms with E-state index in [1.54, 1.807) is 0 Å². The Balaban J connectivity index is 1.09. The normalized spacial score (nSPS) is 19.6. The molecule has 2 unspecified atom stereocenters. The lowest BCUT2D eigenvalue weighted by Gasteiger charge is -2.50. The number of aryl methyl sites for hydroxylation is 1. The number of para-hydroxylation sites is 3. The zero-order valence-corrected chi connectivity index (χ0v) is 39.9. The van der Waals surface area contributed by atoms with Gasteiger partial charge in [-0.2, -0.15) is 0 Å². The Morgan fingerprint density at radius 1 is 0.567 bits per heavy atom. The minimum absolute atomic E-state index is 0.0193. The molecule has 1 saturated carbocycles. The first kappa shape index (κ1) is 39.4. The van der Waals surface area contributed by atoms with Crippen molar-refractivity contribution in [3.05, 3.63) is 174 Å². The van der Waals surface area contributed by atoms with Crippen molar-refractivity contribution >= 4 is 122 Å². The van der Waals surface area contributed by atoms with Gasteiger partial charge < -0.3 is 19.1 Å². The average molecular weight is 886 g/mol. The first-order valence-electron chi connectivity index (χ1n) is 24.3. The third kappa shape index (κ3) is 5.25. The van der Waals surface area contributed by atoms with Gasteiger partial charge in [0.05, 0.1) is 16.9 Å². The van der Waals surface area contributed by atoms with Crippen molar-refractivity contribution in [2.24, 2.45) is 0 Å². The quantitative estimate of drug-likeness (QED) is 0.165. The summed E-state index contributed by atoms with van der Waals surface area (Å²) < 4.78 is 9.61. The lowest BCUT2D eigenvalue weighted by molar-refractivity contribution is 0.195. The Kier molecular flexibility index (Phi) is 8.04. The molecule has 3 aliphatic heterocycles. The van der Waals surface area contributed by atoms with Crippen LogP contribution in [0.15, 0.2) is 162 Å². The van der Waals surface area contributed by atoms with Crippen LogP contribution in [0.4, 0.5) is 45.5 Å². The molecule has 0 N–H and O–H groups in total. The van der Waals surface area contributed by atoms with E-state index < -0.39 is 0 Å². The Hall–Kier alpha value is -6.76. The number of nitrogens with zero attached hydrogens (tertiary/aromatic N) is 3. The summed E-state index contributed by atoms with van der Waals surface area (Å²) in [5.74, 6) is 0. The predicted molar refractivity (Wildman–Crippen MR) is 287 cm³/mol. The van der Waals surface area contributed by atoms with Gasteiger partial charge in [-0.25, -0.2) is 0 Å².